The van der Waals surface area contributed by atoms with E-state index in [1.807, 2.05) is 36.6 Å². The van der Waals surface area contributed by atoms with Crippen LogP contribution in [0, 0.1) is 6.92 Å². The Labute approximate surface area is 167 Å². The van der Waals surface area contributed by atoms with Crippen molar-refractivity contribution in [3.8, 4) is 0 Å². The number of hydrogen-bond acceptors (Lipinski definition) is 2. The number of aromatic nitrogens is 2. The lowest BCUT2D eigenvalue weighted by atomic mass is 9.91. The maximum Gasteiger partial charge on any atom is 0.416 e. The van der Waals surface area contributed by atoms with Gasteiger partial charge >= 0.3 is 6.18 Å². The highest BCUT2D eigenvalue weighted by Crippen LogP contribution is 2.34. The van der Waals surface area contributed by atoms with Gasteiger partial charge in [-0.15, -0.1) is 0 Å². The number of imidazole rings is 1. The number of aryl methyl sites for hydroxylation is 1. The Bertz CT molecular complexity index is 994. The van der Waals surface area contributed by atoms with Crippen LogP contribution in [0.1, 0.15) is 54.5 Å². The molecular formula is C22H24F3N3O. The third-order valence-electron chi connectivity index (χ3n) is 4.91. The zero-order valence-corrected chi connectivity index (χ0v) is 16.5. The van der Waals surface area contributed by atoms with E-state index in [2.05, 4.69) is 10.3 Å². The summed E-state index contributed by atoms with van der Waals surface area (Å²) in [5, 5.41) is 2.86. The van der Waals surface area contributed by atoms with Gasteiger partial charge < -0.3 is 9.72 Å². The monoisotopic (exact) mass is 403 g/mol. The largest absolute Gasteiger partial charge is 0.416 e. The summed E-state index contributed by atoms with van der Waals surface area (Å²) in [4.78, 5) is 16.9. The van der Waals surface area contributed by atoms with Crippen LogP contribution in [0.15, 0.2) is 48.8 Å². The zero-order chi connectivity index (χ0) is 21.0. The van der Waals surface area contributed by atoms with Gasteiger partial charge in [0.05, 0.1) is 11.3 Å². The van der Waals surface area contributed by atoms with Crippen molar-refractivity contribution in [3.05, 3.63) is 71.2 Å². The summed E-state index contributed by atoms with van der Waals surface area (Å²) in [6, 6.07) is 8.98. The quantitative estimate of drug-likeness (QED) is 0.558. The third-order valence-corrected chi connectivity index (χ3v) is 4.91. The highest BCUT2D eigenvalue weighted by molar-refractivity contribution is 5.77. The number of halogens is 3. The van der Waals surface area contributed by atoms with E-state index in [-0.39, 0.29) is 12.3 Å². The third kappa shape index (κ3) is 4.96. The van der Waals surface area contributed by atoms with Gasteiger partial charge in [0.15, 0.2) is 0 Å². The average Bonchev–Trinajstić information content (AvgIpc) is 3.08. The fourth-order valence-electron chi connectivity index (χ4n) is 3.35. The van der Waals surface area contributed by atoms with Crippen molar-refractivity contribution in [2.75, 3.05) is 6.54 Å². The van der Waals surface area contributed by atoms with Crippen molar-refractivity contribution < 1.29 is 18.0 Å². The Balaban J connectivity index is 2.01. The van der Waals surface area contributed by atoms with Gasteiger partial charge in [-0.25, -0.2) is 4.98 Å². The van der Waals surface area contributed by atoms with Crippen LogP contribution in [0.5, 0.6) is 0 Å². The smallest absolute Gasteiger partial charge is 0.356 e. The molecule has 2 aromatic heterocycles. The highest BCUT2D eigenvalue weighted by atomic mass is 19.4. The van der Waals surface area contributed by atoms with Gasteiger partial charge in [0.2, 0.25) is 5.91 Å². The summed E-state index contributed by atoms with van der Waals surface area (Å²) in [5.41, 5.74) is 2.12. The second kappa shape index (κ2) is 8.68. The van der Waals surface area contributed by atoms with Crippen molar-refractivity contribution in [1.29, 1.82) is 0 Å². The molecule has 0 radical (unpaired) electrons. The van der Waals surface area contributed by atoms with Gasteiger partial charge in [-0.2, -0.15) is 13.2 Å². The molecule has 1 aromatic carbocycles. The number of nitrogens with one attached hydrogen (secondary N) is 1. The maximum absolute atomic E-state index is 13.2. The molecule has 0 fully saturated rings. The van der Waals surface area contributed by atoms with Crippen LogP contribution in [0.4, 0.5) is 13.2 Å². The molecule has 1 unspecified atom stereocenters. The van der Waals surface area contributed by atoms with Gasteiger partial charge in [0, 0.05) is 31.3 Å². The lowest BCUT2D eigenvalue weighted by Crippen LogP contribution is -2.26. The van der Waals surface area contributed by atoms with Gasteiger partial charge in [-0.3, -0.25) is 4.79 Å². The number of fused-ring (bicyclic) bond motifs is 1. The summed E-state index contributed by atoms with van der Waals surface area (Å²) in [6.07, 6.45) is 0.883. The Kier molecular flexibility index (Phi) is 6.25. The van der Waals surface area contributed by atoms with Crippen molar-refractivity contribution in [2.24, 2.45) is 0 Å². The van der Waals surface area contributed by atoms with E-state index < -0.39 is 17.7 Å². The molecule has 2 heterocycles. The van der Waals surface area contributed by atoms with Crippen LogP contribution in [-0.2, 0) is 11.0 Å². The Morgan fingerprint density at radius 1 is 1.24 bits per heavy atom. The lowest BCUT2D eigenvalue weighted by molar-refractivity contribution is -0.137. The number of unbranched alkanes of at least 4 members (excludes halogenated alkanes) is 1. The predicted molar refractivity (Wildman–Crippen MR) is 106 cm³/mol. The van der Waals surface area contributed by atoms with Crippen LogP contribution in [0.3, 0.4) is 0 Å². The van der Waals surface area contributed by atoms with Crippen molar-refractivity contribution in [2.45, 2.75) is 45.2 Å². The first kappa shape index (κ1) is 20.9. The molecule has 29 heavy (non-hydrogen) atoms. The van der Waals surface area contributed by atoms with Gasteiger partial charge in [-0.1, -0.05) is 31.5 Å². The van der Waals surface area contributed by atoms with Gasteiger partial charge in [0.25, 0.3) is 0 Å². The van der Waals surface area contributed by atoms with E-state index in [1.54, 1.807) is 12.3 Å². The molecule has 3 aromatic rings. The minimum atomic E-state index is -4.44. The van der Waals surface area contributed by atoms with Crippen LogP contribution in [0.25, 0.3) is 5.65 Å². The van der Waals surface area contributed by atoms with E-state index in [4.69, 9.17) is 0 Å². The number of benzene rings is 1. The minimum absolute atomic E-state index is 0.0483. The molecule has 0 bridgehead atoms. The van der Waals surface area contributed by atoms with Crippen LogP contribution >= 0.6 is 0 Å². The summed E-state index contributed by atoms with van der Waals surface area (Å²) in [5.74, 6) is -0.737. The van der Waals surface area contributed by atoms with Crippen LogP contribution in [0.2, 0.25) is 0 Å². The number of hydrogen-bond donors (Lipinski definition) is 1. The van der Waals surface area contributed by atoms with E-state index in [1.165, 1.54) is 6.07 Å². The molecule has 0 aliphatic carbocycles. The van der Waals surface area contributed by atoms with E-state index in [0.29, 0.717) is 23.4 Å². The number of carbonyl (C=O) groups is 1. The molecule has 154 valence electrons. The normalized spacial score (nSPS) is 12.9. The van der Waals surface area contributed by atoms with Crippen LogP contribution < -0.4 is 5.32 Å². The first-order chi connectivity index (χ1) is 13.8. The Morgan fingerprint density at radius 2 is 2.03 bits per heavy atom. The fourth-order valence-corrected chi connectivity index (χ4v) is 3.35. The molecule has 0 saturated heterocycles. The number of rotatable bonds is 7. The minimum Gasteiger partial charge on any atom is -0.356 e. The molecule has 1 N–H and O–H groups in total. The second-order valence-electron chi connectivity index (χ2n) is 7.20. The SMILES string of the molecule is CCCCNC(=O)CC(c1cccc(C(F)(F)F)c1)c1cnc2cc(C)ccn12. The fraction of sp³-hybridized carbons (Fsp3) is 0.364. The van der Waals surface area contributed by atoms with Crippen molar-refractivity contribution in [3.63, 3.8) is 0 Å². The Morgan fingerprint density at radius 3 is 2.76 bits per heavy atom. The molecule has 1 atom stereocenters. The van der Waals surface area contributed by atoms with Gasteiger partial charge in [-0.05, 0) is 42.7 Å². The van der Waals surface area contributed by atoms with Crippen LogP contribution in [-0.4, -0.2) is 21.8 Å². The molecule has 1 amide bonds. The van der Waals surface area contributed by atoms with Crippen molar-refractivity contribution >= 4 is 11.6 Å². The van der Waals surface area contributed by atoms with E-state index in [9.17, 15) is 18.0 Å². The number of nitrogens with zero attached hydrogens (tertiary/aromatic N) is 2. The molecule has 0 saturated carbocycles. The standard InChI is InChI=1S/C22H24F3N3O/c1-3-4-9-26-21(29)13-18(16-6-5-7-17(12-16)22(23,24)25)19-14-27-20-11-15(2)8-10-28(19)20/h5-8,10-12,14,18H,3-4,9,13H2,1-2H3,(H,26,29). The Hall–Kier alpha value is -2.83. The highest BCUT2D eigenvalue weighted by Gasteiger charge is 2.32. The lowest BCUT2D eigenvalue weighted by Gasteiger charge is -2.19. The molecule has 0 aliphatic rings. The summed E-state index contributed by atoms with van der Waals surface area (Å²) < 4.78 is 41.6. The molecular weight excluding hydrogens is 379 g/mol. The zero-order valence-electron chi connectivity index (χ0n) is 16.5. The first-order valence-corrected chi connectivity index (χ1v) is 9.67. The first-order valence-electron chi connectivity index (χ1n) is 9.67. The summed E-state index contributed by atoms with van der Waals surface area (Å²) >= 11 is 0. The molecule has 4 nitrogen and oxygen atoms in total. The van der Waals surface area contributed by atoms with Crippen molar-refractivity contribution in [1.82, 2.24) is 14.7 Å². The average molecular weight is 403 g/mol. The molecule has 0 spiro atoms. The van der Waals surface area contributed by atoms with E-state index in [0.717, 1.165) is 30.5 Å². The number of amides is 1. The predicted octanol–water partition coefficient (Wildman–Crippen LogP) is 5.10. The van der Waals surface area contributed by atoms with E-state index >= 15 is 0 Å². The number of pyridine rings is 1. The topological polar surface area (TPSA) is 46.4 Å². The summed E-state index contributed by atoms with van der Waals surface area (Å²) in [6.45, 7) is 4.52. The number of alkyl halides is 3. The molecule has 7 heteroatoms. The maximum atomic E-state index is 13.2. The second-order valence-corrected chi connectivity index (χ2v) is 7.20. The van der Waals surface area contributed by atoms with Gasteiger partial charge in [0.1, 0.15) is 5.65 Å². The molecule has 0 aliphatic heterocycles. The summed E-state index contributed by atoms with van der Waals surface area (Å²) in [7, 11) is 0. The number of carbonyl (C=O) groups excluding carboxylic acids is 1. The molecule has 3 rings (SSSR count).